The Kier molecular flexibility index (Phi) is 6.75. The van der Waals surface area contributed by atoms with Gasteiger partial charge in [-0.05, 0) is 42.4 Å². The maximum atomic E-state index is 12.3. The van der Waals surface area contributed by atoms with E-state index in [1.54, 1.807) is 24.3 Å². The van der Waals surface area contributed by atoms with Gasteiger partial charge in [-0.1, -0.05) is 62.4 Å². The monoisotopic (exact) mass is 339 g/mol. The van der Waals surface area contributed by atoms with E-state index in [1.165, 1.54) is 5.56 Å². The fourth-order valence-corrected chi connectivity index (χ4v) is 2.86. The summed E-state index contributed by atoms with van der Waals surface area (Å²) in [7, 11) is 0. The van der Waals surface area contributed by atoms with E-state index in [1.807, 2.05) is 36.4 Å². The molecule has 0 fully saturated rings. The van der Waals surface area contributed by atoms with Crippen LogP contribution in [0.25, 0.3) is 0 Å². The van der Waals surface area contributed by atoms with Crippen LogP contribution in [0, 0.1) is 11.8 Å². The van der Waals surface area contributed by atoms with E-state index < -0.39 is 12.0 Å². The van der Waals surface area contributed by atoms with E-state index in [-0.39, 0.29) is 11.8 Å². The molecule has 4 heteroatoms. The molecule has 2 aromatic rings. The van der Waals surface area contributed by atoms with Gasteiger partial charge in [-0.25, -0.2) is 4.79 Å². The summed E-state index contributed by atoms with van der Waals surface area (Å²) in [4.78, 5) is 24.0. The van der Waals surface area contributed by atoms with Crippen molar-refractivity contribution in [2.24, 2.45) is 11.8 Å². The van der Waals surface area contributed by atoms with Gasteiger partial charge in [-0.3, -0.25) is 4.79 Å². The molecule has 0 heterocycles. The van der Waals surface area contributed by atoms with Gasteiger partial charge in [0.2, 0.25) is 0 Å². The molecule has 0 aliphatic carbocycles. The van der Waals surface area contributed by atoms with Gasteiger partial charge in [-0.2, -0.15) is 0 Å². The quantitative estimate of drug-likeness (QED) is 0.769. The van der Waals surface area contributed by atoms with Crippen molar-refractivity contribution < 1.29 is 14.7 Å². The second-order valence-corrected chi connectivity index (χ2v) is 6.66. The molecule has 0 aliphatic heterocycles. The Morgan fingerprint density at radius 3 is 2.04 bits per heavy atom. The number of carbonyl (C=O) groups is 2. The number of carboxylic acids is 1. The number of benzene rings is 2. The second-order valence-electron chi connectivity index (χ2n) is 6.66. The fraction of sp³-hybridized carbons (Fsp3) is 0.333. The first-order valence-electron chi connectivity index (χ1n) is 8.60. The lowest BCUT2D eigenvalue weighted by Crippen LogP contribution is -2.42. The zero-order valence-corrected chi connectivity index (χ0v) is 14.7. The molecule has 0 spiro atoms. The Hall–Kier alpha value is -2.62. The first-order chi connectivity index (χ1) is 12.0. The highest BCUT2D eigenvalue weighted by Crippen LogP contribution is 2.23. The van der Waals surface area contributed by atoms with Crippen LogP contribution in [-0.4, -0.2) is 23.0 Å². The highest BCUT2D eigenvalue weighted by atomic mass is 16.4. The Morgan fingerprint density at radius 1 is 0.960 bits per heavy atom. The van der Waals surface area contributed by atoms with Crippen LogP contribution in [0.15, 0.2) is 60.7 Å². The molecule has 4 nitrogen and oxygen atoms in total. The number of rotatable bonds is 8. The molecule has 132 valence electrons. The Labute approximate surface area is 148 Å². The molecule has 0 bridgehead atoms. The minimum absolute atomic E-state index is 0.166. The van der Waals surface area contributed by atoms with Crippen molar-refractivity contribution in [1.29, 1.82) is 0 Å². The number of nitrogens with one attached hydrogen (secondary N) is 1. The maximum Gasteiger partial charge on any atom is 0.326 e. The molecule has 0 saturated carbocycles. The number of carbonyl (C=O) groups excluding carboxylic acids is 1. The Morgan fingerprint density at radius 2 is 1.52 bits per heavy atom. The molecule has 0 unspecified atom stereocenters. The molecule has 2 atom stereocenters. The highest BCUT2D eigenvalue weighted by molar-refractivity contribution is 5.96. The molecule has 0 saturated heterocycles. The van der Waals surface area contributed by atoms with Crippen molar-refractivity contribution in [2.45, 2.75) is 32.7 Å². The average molecular weight is 339 g/mol. The average Bonchev–Trinajstić information content (AvgIpc) is 2.61. The molecule has 0 aliphatic rings. The molecule has 2 aromatic carbocycles. The summed E-state index contributed by atoms with van der Waals surface area (Å²) in [5.74, 6) is -0.867. The lowest BCUT2D eigenvalue weighted by molar-refractivity contribution is -0.139. The molecule has 25 heavy (non-hydrogen) atoms. The number of carboxylic acid groups (broad SMARTS) is 1. The van der Waals surface area contributed by atoms with E-state index in [0.717, 1.165) is 6.42 Å². The predicted molar refractivity (Wildman–Crippen MR) is 98.4 cm³/mol. The molecule has 2 N–H and O–H groups in total. The van der Waals surface area contributed by atoms with Gasteiger partial charge in [0.25, 0.3) is 5.91 Å². The minimum atomic E-state index is -0.997. The Balaban J connectivity index is 2.07. The summed E-state index contributed by atoms with van der Waals surface area (Å²) in [5, 5.41) is 12.2. The van der Waals surface area contributed by atoms with Crippen LogP contribution < -0.4 is 5.32 Å². The molecular weight excluding hydrogens is 314 g/mol. The van der Waals surface area contributed by atoms with Crippen molar-refractivity contribution in [1.82, 2.24) is 5.32 Å². The summed E-state index contributed by atoms with van der Waals surface area (Å²) in [6.45, 7) is 4.18. The van der Waals surface area contributed by atoms with E-state index >= 15 is 0 Å². The second kappa shape index (κ2) is 9.02. The third-order valence-electron chi connectivity index (χ3n) is 4.46. The zero-order chi connectivity index (χ0) is 18.2. The van der Waals surface area contributed by atoms with Crippen molar-refractivity contribution in [3.05, 3.63) is 71.8 Å². The highest BCUT2D eigenvalue weighted by Gasteiger charge is 2.26. The van der Waals surface area contributed by atoms with Gasteiger partial charge in [0.1, 0.15) is 6.04 Å². The largest absolute Gasteiger partial charge is 0.480 e. The molecule has 0 radical (unpaired) electrons. The lowest BCUT2D eigenvalue weighted by Gasteiger charge is -2.25. The minimum Gasteiger partial charge on any atom is -0.480 e. The predicted octanol–water partition coefficient (Wildman–Crippen LogP) is 3.77. The molecule has 1 amide bonds. The summed E-state index contributed by atoms with van der Waals surface area (Å²) in [5.41, 5.74) is 1.65. The van der Waals surface area contributed by atoms with E-state index in [2.05, 4.69) is 19.2 Å². The van der Waals surface area contributed by atoms with Crippen LogP contribution in [0.2, 0.25) is 0 Å². The van der Waals surface area contributed by atoms with Crippen LogP contribution >= 0.6 is 0 Å². The third kappa shape index (κ3) is 5.75. The maximum absolute atomic E-state index is 12.3. The summed E-state index contributed by atoms with van der Waals surface area (Å²) >= 11 is 0. The standard InChI is InChI=1S/C21H25NO3/c1-15(2)18(13-16-9-5-3-6-10-16)14-19(21(24)25)22-20(23)17-11-7-4-8-12-17/h3-12,15,18-19H,13-14H2,1-2H3,(H,22,23)(H,24,25)/t18-,19-/m1/s1. The molecular formula is C21H25NO3. The van der Waals surface area contributed by atoms with Gasteiger partial charge in [-0.15, -0.1) is 0 Å². The van der Waals surface area contributed by atoms with Crippen molar-refractivity contribution in [2.75, 3.05) is 0 Å². The van der Waals surface area contributed by atoms with Crippen molar-refractivity contribution >= 4 is 11.9 Å². The van der Waals surface area contributed by atoms with Gasteiger partial charge < -0.3 is 10.4 Å². The first kappa shape index (κ1) is 18.7. The lowest BCUT2D eigenvalue weighted by atomic mass is 9.84. The summed E-state index contributed by atoms with van der Waals surface area (Å²) < 4.78 is 0. The number of hydrogen-bond donors (Lipinski definition) is 2. The van der Waals surface area contributed by atoms with E-state index in [4.69, 9.17) is 0 Å². The van der Waals surface area contributed by atoms with Gasteiger partial charge in [0.05, 0.1) is 0 Å². The molecule has 0 aromatic heterocycles. The SMILES string of the molecule is CC(C)[C@H](Cc1ccccc1)C[C@@H](NC(=O)c1ccccc1)C(=O)O. The van der Waals surface area contributed by atoms with Crippen molar-refractivity contribution in [3.63, 3.8) is 0 Å². The zero-order valence-electron chi connectivity index (χ0n) is 14.7. The summed E-state index contributed by atoms with van der Waals surface area (Å²) in [6, 6.07) is 17.8. The van der Waals surface area contributed by atoms with Gasteiger partial charge >= 0.3 is 5.97 Å². The smallest absolute Gasteiger partial charge is 0.326 e. The number of amides is 1. The normalized spacial score (nSPS) is 13.2. The summed E-state index contributed by atoms with van der Waals surface area (Å²) in [6.07, 6.45) is 1.20. The third-order valence-corrected chi connectivity index (χ3v) is 4.46. The Bertz CT molecular complexity index is 683. The van der Waals surface area contributed by atoms with Crippen LogP contribution in [-0.2, 0) is 11.2 Å². The van der Waals surface area contributed by atoms with Gasteiger partial charge in [0, 0.05) is 5.56 Å². The van der Waals surface area contributed by atoms with Crippen LogP contribution in [0.3, 0.4) is 0 Å². The molecule has 2 rings (SSSR count). The van der Waals surface area contributed by atoms with Crippen LogP contribution in [0.5, 0.6) is 0 Å². The first-order valence-corrected chi connectivity index (χ1v) is 8.60. The van der Waals surface area contributed by atoms with E-state index in [0.29, 0.717) is 17.9 Å². The fourth-order valence-electron chi connectivity index (χ4n) is 2.86. The van der Waals surface area contributed by atoms with Crippen LogP contribution in [0.4, 0.5) is 0 Å². The van der Waals surface area contributed by atoms with Crippen LogP contribution in [0.1, 0.15) is 36.2 Å². The number of hydrogen-bond acceptors (Lipinski definition) is 2. The topological polar surface area (TPSA) is 66.4 Å². The van der Waals surface area contributed by atoms with E-state index in [9.17, 15) is 14.7 Å². The number of aliphatic carboxylic acids is 1. The van der Waals surface area contributed by atoms with Gasteiger partial charge in [0.15, 0.2) is 0 Å². The van der Waals surface area contributed by atoms with Crippen molar-refractivity contribution in [3.8, 4) is 0 Å².